The molecule has 1 atom stereocenters. The Hall–Kier alpha value is -1.42. The molecule has 1 amide bonds. The Kier molecular flexibility index (Phi) is 4.53. The number of rotatable bonds is 3. The van der Waals surface area contributed by atoms with Gasteiger partial charge in [0.05, 0.1) is 0 Å². The Balaban J connectivity index is 1.99. The number of amides is 1. The standard InChI is InChI=1S/C15H20FNO2/c1-10-9-13(16)3-4-14(10)15(18)17-11(2)12-5-7-19-8-6-12/h3-4,9,11-12H,5-8H2,1-2H3,(H,17,18). The summed E-state index contributed by atoms with van der Waals surface area (Å²) in [5.74, 6) is 0.0153. The lowest BCUT2D eigenvalue weighted by Crippen LogP contribution is -2.40. The van der Waals surface area contributed by atoms with E-state index < -0.39 is 0 Å². The van der Waals surface area contributed by atoms with Crippen molar-refractivity contribution < 1.29 is 13.9 Å². The molecule has 2 rings (SSSR count). The van der Waals surface area contributed by atoms with Gasteiger partial charge < -0.3 is 10.1 Å². The molecule has 3 nitrogen and oxygen atoms in total. The molecule has 19 heavy (non-hydrogen) atoms. The summed E-state index contributed by atoms with van der Waals surface area (Å²) >= 11 is 0. The molecular weight excluding hydrogens is 245 g/mol. The van der Waals surface area contributed by atoms with Gasteiger partial charge in [0.15, 0.2) is 0 Å². The Labute approximate surface area is 113 Å². The number of hydrogen-bond acceptors (Lipinski definition) is 2. The lowest BCUT2D eigenvalue weighted by atomic mass is 9.92. The van der Waals surface area contributed by atoms with Crippen molar-refractivity contribution in [3.63, 3.8) is 0 Å². The molecule has 0 radical (unpaired) electrons. The fourth-order valence-corrected chi connectivity index (χ4v) is 2.50. The zero-order valence-electron chi connectivity index (χ0n) is 11.4. The quantitative estimate of drug-likeness (QED) is 0.912. The second kappa shape index (κ2) is 6.15. The van der Waals surface area contributed by atoms with Crippen LogP contribution in [0.4, 0.5) is 4.39 Å². The Morgan fingerprint density at radius 3 is 2.74 bits per heavy atom. The first kappa shape index (κ1) is 14.0. The Morgan fingerprint density at radius 1 is 1.42 bits per heavy atom. The van der Waals surface area contributed by atoms with Gasteiger partial charge in [-0.05, 0) is 56.4 Å². The summed E-state index contributed by atoms with van der Waals surface area (Å²) in [6.07, 6.45) is 1.95. The first-order chi connectivity index (χ1) is 9.08. The molecule has 1 unspecified atom stereocenters. The number of carbonyl (C=O) groups is 1. The SMILES string of the molecule is Cc1cc(F)ccc1C(=O)NC(C)C1CCOCC1. The molecule has 0 aromatic heterocycles. The number of aryl methyl sites for hydroxylation is 1. The highest BCUT2D eigenvalue weighted by molar-refractivity contribution is 5.95. The van der Waals surface area contributed by atoms with Crippen molar-refractivity contribution >= 4 is 5.91 Å². The van der Waals surface area contributed by atoms with Gasteiger partial charge in [0.25, 0.3) is 5.91 Å². The maximum absolute atomic E-state index is 13.0. The van der Waals surface area contributed by atoms with Crippen molar-refractivity contribution in [1.82, 2.24) is 5.32 Å². The van der Waals surface area contributed by atoms with Crippen LogP contribution in [0.15, 0.2) is 18.2 Å². The summed E-state index contributed by atoms with van der Waals surface area (Å²) in [6, 6.07) is 4.35. The van der Waals surface area contributed by atoms with Gasteiger partial charge in [0.1, 0.15) is 5.82 Å². The average molecular weight is 265 g/mol. The topological polar surface area (TPSA) is 38.3 Å². The second-order valence-corrected chi connectivity index (χ2v) is 5.17. The fraction of sp³-hybridized carbons (Fsp3) is 0.533. The van der Waals surface area contributed by atoms with Crippen LogP contribution in [-0.4, -0.2) is 25.2 Å². The molecular formula is C15H20FNO2. The molecule has 4 heteroatoms. The van der Waals surface area contributed by atoms with E-state index in [1.165, 1.54) is 18.2 Å². The van der Waals surface area contributed by atoms with E-state index in [4.69, 9.17) is 4.74 Å². The molecule has 104 valence electrons. The van der Waals surface area contributed by atoms with Crippen molar-refractivity contribution in [3.8, 4) is 0 Å². The second-order valence-electron chi connectivity index (χ2n) is 5.17. The van der Waals surface area contributed by atoms with Gasteiger partial charge in [-0.3, -0.25) is 4.79 Å². The van der Waals surface area contributed by atoms with Gasteiger partial charge in [0.2, 0.25) is 0 Å². The first-order valence-corrected chi connectivity index (χ1v) is 6.72. The number of carbonyl (C=O) groups excluding carboxylic acids is 1. The highest BCUT2D eigenvalue weighted by Gasteiger charge is 2.22. The van der Waals surface area contributed by atoms with Crippen LogP contribution < -0.4 is 5.32 Å². The van der Waals surface area contributed by atoms with Crippen LogP contribution in [0.25, 0.3) is 0 Å². The summed E-state index contributed by atoms with van der Waals surface area (Å²) in [6.45, 7) is 5.30. The molecule has 1 aliphatic heterocycles. The highest BCUT2D eigenvalue weighted by atomic mass is 19.1. The van der Waals surface area contributed by atoms with Crippen molar-refractivity contribution in [2.75, 3.05) is 13.2 Å². The average Bonchev–Trinajstić information content (AvgIpc) is 2.39. The molecule has 0 aliphatic carbocycles. The Morgan fingerprint density at radius 2 is 2.11 bits per heavy atom. The zero-order chi connectivity index (χ0) is 13.8. The van der Waals surface area contributed by atoms with Crippen LogP contribution in [0.5, 0.6) is 0 Å². The fourth-order valence-electron chi connectivity index (χ4n) is 2.50. The van der Waals surface area contributed by atoms with Crippen LogP contribution in [0.3, 0.4) is 0 Å². The molecule has 1 aromatic rings. The third kappa shape index (κ3) is 3.53. The van der Waals surface area contributed by atoms with Gasteiger partial charge in [-0.25, -0.2) is 4.39 Å². The van der Waals surface area contributed by atoms with Crippen molar-refractivity contribution in [1.29, 1.82) is 0 Å². The molecule has 1 aromatic carbocycles. The summed E-state index contributed by atoms with van der Waals surface area (Å²) in [7, 11) is 0. The van der Waals surface area contributed by atoms with Crippen molar-refractivity contribution in [2.45, 2.75) is 32.7 Å². The van der Waals surface area contributed by atoms with Crippen molar-refractivity contribution in [2.24, 2.45) is 5.92 Å². The molecule has 0 saturated carbocycles. The summed E-state index contributed by atoms with van der Waals surface area (Å²) < 4.78 is 18.3. The lowest BCUT2D eigenvalue weighted by molar-refractivity contribution is 0.0538. The molecule has 0 spiro atoms. The first-order valence-electron chi connectivity index (χ1n) is 6.72. The minimum absolute atomic E-state index is 0.112. The van der Waals surface area contributed by atoms with E-state index in [1.807, 2.05) is 6.92 Å². The summed E-state index contributed by atoms with van der Waals surface area (Å²) in [4.78, 5) is 12.2. The van der Waals surface area contributed by atoms with E-state index in [0.717, 1.165) is 26.1 Å². The molecule has 1 fully saturated rings. The number of benzene rings is 1. The maximum atomic E-state index is 13.0. The maximum Gasteiger partial charge on any atom is 0.251 e. The number of halogens is 1. The van der Waals surface area contributed by atoms with Crippen LogP contribution in [0.2, 0.25) is 0 Å². The van der Waals surface area contributed by atoms with Crippen LogP contribution >= 0.6 is 0 Å². The minimum Gasteiger partial charge on any atom is -0.381 e. The third-order valence-corrected chi connectivity index (χ3v) is 3.76. The van der Waals surface area contributed by atoms with Crippen molar-refractivity contribution in [3.05, 3.63) is 35.1 Å². The van der Waals surface area contributed by atoms with Crippen LogP contribution in [0.1, 0.15) is 35.7 Å². The minimum atomic E-state index is -0.313. The van der Waals surface area contributed by atoms with E-state index >= 15 is 0 Å². The molecule has 1 N–H and O–H groups in total. The smallest absolute Gasteiger partial charge is 0.251 e. The largest absolute Gasteiger partial charge is 0.381 e. The lowest BCUT2D eigenvalue weighted by Gasteiger charge is -2.28. The highest BCUT2D eigenvalue weighted by Crippen LogP contribution is 2.19. The van der Waals surface area contributed by atoms with Gasteiger partial charge in [0, 0.05) is 24.8 Å². The van der Waals surface area contributed by atoms with E-state index in [9.17, 15) is 9.18 Å². The van der Waals surface area contributed by atoms with Gasteiger partial charge >= 0.3 is 0 Å². The van der Waals surface area contributed by atoms with Gasteiger partial charge in [-0.1, -0.05) is 0 Å². The van der Waals surface area contributed by atoms with E-state index in [-0.39, 0.29) is 17.8 Å². The van der Waals surface area contributed by atoms with Gasteiger partial charge in [-0.2, -0.15) is 0 Å². The van der Waals surface area contributed by atoms with Crippen LogP contribution in [-0.2, 0) is 4.74 Å². The zero-order valence-corrected chi connectivity index (χ0v) is 11.4. The molecule has 0 bridgehead atoms. The van der Waals surface area contributed by atoms with E-state index in [2.05, 4.69) is 5.32 Å². The monoisotopic (exact) mass is 265 g/mol. The number of ether oxygens (including phenoxy) is 1. The third-order valence-electron chi connectivity index (χ3n) is 3.76. The molecule has 1 saturated heterocycles. The van der Waals surface area contributed by atoms with Crippen LogP contribution in [0, 0.1) is 18.7 Å². The predicted octanol–water partition coefficient (Wildman–Crippen LogP) is 2.68. The summed E-state index contributed by atoms with van der Waals surface area (Å²) in [5, 5.41) is 3.01. The normalized spacial score (nSPS) is 18.1. The van der Waals surface area contributed by atoms with E-state index in [0.29, 0.717) is 17.0 Å². The number of hydrogen-bond donors (Lipinski definition) is 1. The predicted molar refractivity (Wildman–Crippen MR) is 71.6 cm³/mol. The van der Waals surface area contributed by atoms with Gasteiger partial charge in [-0.15, -0.1) is 0 Å². The molecule has 1 heterocycles. The number of nitrogens with one attached hydrogen (secondary N) is 1. The molecule has 1 aliphatic rings. The summed E-state index contributed by atoms with van der Waals surface area (Å²) in [5.41, 5.74) is 1.21. The Bertz CT molecular complexity index is 455. The van der Waals surface area contributed by atoms with E-state index in [1.54, 1.807) is 6.92 Å².